The number of methoxy groups -OCH3 is 1. The van der Waals surface area contributed by atoms with E-state index in [0.29, 0.717) is 33.6 Å². The van der Waals surface area contributed by atoms with Crippen LogP contribution in [0.4, 0.5) is 4.39 Å². The molecular formula is C27H24BrClFN3O3. The quantitative estimate of drug-likeness (QED) is 0.215. The molecule has 0 fully saturated rings. The molecule has 1 aromatic heterocycles. The highest BCUT2D eigenvalue weighted by molar-refractivity contribution is 9.10. The third kappa shape index (κ3) is 5.44. The van der Waals surface area contributed by atoms with Crippen molar-refractivity contribution in [3.63, 3.8) is 0 Å². The molecule has 1 atom stereocenters. The van der Waals surface area contributed by atoms with E-state index in [2.05, 4.69) is 21.0 Å². The zero-order valence-corrected chi connectivity index (χ0v) is 22.3. The second-order valence-electron chi connectivity index (χ2n) is 8.22. The first-order valence-electron chi connectivity index (χ1n) is 11.3. The zero-order chi connectivity index (χ0) is 25.8. The largest absolute Gasteiger partial charge is 0.493 e. The molecular weight excluding hydrogens is 549 g/mol. The van der Waals surface area contributed by atoms with Crippen molar-refractivity contribution in [2.75, 3.05) is 7.11 Å². The fraction of sp³-hybridized carbons (Fsp3) is 0.222. The summed E-state index contributed by atoms with van der Waals surface area (Å²) in [4.78, 5) is 18.0. The maximum atomic E-state index is 14.0. The van der Waals surface area contributed by atoms with Gasteiger partial charge in [-0.15, -0.1) is 0 Å². The summed E-state index contributed by atoms with van der Waals surface area (Å²) in [7, 11) is 1.49. The maximum absolute atomic E-state index is 14.0. The minimum absolute atomic E-state index is 0.00942. The predicted molar refractivity (Wildman–Crippen MR) is 144 cm³/mol. The van der Waals surface area contributed by atoms with Crippen molar-refractivity contribution < 1.29 is 13.9 Å². The summed E-state index contributed by atoms with van der Waals surface area (Å²) < 4.78 is 27.3. The van der Waals surface area contributed by atoms with Gasteiger partial charge in [0, 0.05) is 16.0 Å². The van der Waals surface area contributed by atoms with Crippen molar-refractivity contribution >= 4 is 44.6 Å². The molecule has 4 rings (SSSR count). The van der Waals surface area contributed by atoms with Gasteiger partial charge in [-0.2, -0.15) is 9.78 Å². The smallest absolute Gasteiger partial charge is 0.282 e. The van der Waals surface area contributed by atoms with E-state index in [4.69, 9.17) is 26.1 Å². The lowest BCUT2D eigenvalue weighted by Crippen LogP contribution is -2.23. The Hall–Kier alpha value is -3.23. The number of aromatic nitrogens is 2. The summed E-state index contributed by atoms with van der Waals surface area (Å²) in [5.74, 6) is 0.853. The Morgan fingerprint density at radius 1 is 1.22 bits per heavy atom. The van der Waals surface area contributed by atoms with Crippen LogP contribution in [-0.2, 0) is 6.61 Å². The predicted octanol–water partition coefficient (Wildman–Crippen LogP) is 6.93. The highest BCUT2D eigenvalue weighted by Crippen LogP contribution is 2.36. The number of benzene rings is 3. The first-order valence-corrected chi connectivity index (χ1v) is 12.5. The number of nitrogens with zero attached hydrogens (tertiary/aromatic N) is 3. The van der Waals surface area contributed by atoms with Crippen molar-refractivity contribution in [1.82, 2.24) is 9.66 Å². The summed E-state index contributed by atoms with van der Waals surface area (Å²) in [6.45, 7) is 4.02. The van der Waals surface area contributed by atoms with Gasteiger partial charge in [0.2, 0.25) is 0 Å². The molecule has 6 nitrogen and oxygen atoms in total. The summed E-state index contributed by atoms with van der Waals surface area (Å²) >= 11 is 9.90. The standard InChI is InChI=1S/C27H24BrClFN3O3/c1-4-16(2)26-32-23-10-9-19(28)13-20(23)27(34)33(26)31-14-17-11-21(29)25(24(12-17)35-3)36-15-18-7-5-6-8-22(18)30/h5-14,16H,4,15H2,1-3H3/t16-/m0/s1. The van der Waals surface area contributed by atoms with Gasteiger partial charge in [-0.25, -0.2) is 9.37 Å². The maximum Gasteiger partial charge on any atom is 0.282 e. The van der Waals surface area contributed by atoms with Gasteiger partial charge in [0.25, 0.3) is 5.56 Å². The minimum Gasteiger partial charge on any atom is -0.493 e. The second-order valence-corrected chi connectivity index (χ2v) is 9.54. The molecule has 0 saturated heterocycles. The molecule has 1 heterocycles. The molecule has 186 valence electrons. The number of hydrogen-bond donors (Lipinski definition) is 0. The van der Waals surface area contributed by atoms with E-state index in [1.54, 1.807) is 36.4 Å². The third-order valence-corrected chi connectivity index (χ3v) is 6.56. The van der Waals surface area contributed by atoms with E-state index in [1.807, 2.05) is 26.0 Å². The number of hydrogen-bond acceptors (Lipinski definition) is 5. The Balaban J connectivity index is 1.71. The fourth-order valence-corrected chi connectivity index (χ4v) is 4.26. The van der Waals surface area contributed by atoms with E-state index in [9.17, 15) is 9.18 Å². The van der Waals surface area contributed by atoms with Crippen LogP contribution in [0.5, 0.6) is 11.5 Å². The molecule has 36 heavy (non-hydrogen) atoms. The van der Waals surface area contributed by atoms with Gasteiger partial charge in [0.05, 0.1) is 29.2 Å². The lowest BCUT2D eigenvalue weighted by molar-refractivity contribution is 0.280. The minimum atomic E-state index is -0.366. The molecule has 0 unspecified atom stereocenters. The molecule has 0 aliphatic carbocycles. The monoisotopic (exact) mass is 571 g/mol. The van der Waals surface area contributed by atoms with Gasteiger partial charge >= 0.3 is 0 Å². The van der Waals surface area contributed by atoms with Crippen LogP contribution in [0.15, 0.2) is 69.0 Å². The van der Waals surface area contributed by atoms with Crippen molar-refractivity contribution in [3.8, 4) is 11.5 Å². The normalized spacial score (nSPS) is 12.3. The first-order chi connectivity index (χ1) is 17.3. The number of halogens is 3. The van der Waals surface area contributed by atoms with Gasteiger partial charge in [-0.1, -0.05) is 59.6 Å². The number of ether oxygens (including phenoxy) is 2. The van der Waals surface area contributed by atoms with E-state index in [-0.39, 0.29) is 34.7 Å². The lowest BCUT2D eigenvalue weighted by atomic mass is 10.1. The summed E-state index contributed by atoms with van der Waals surface area (Å²) in [6.07, 6.45) is 2.31. The highest BCUT2D eigenvalue weighted by Gasteiger charge is 2.17. The molecule has 0 bridgehead atoms. The van der Waals surface area contributed by atoms with Gasteiger partial charge in [0.15, 0.2) is 11.5 Å². The molecule has 0 N–H and O–H groups in total. The molecule has 9 heteroatoms. The molecule has 0 radical (unpaired) electrons. The molecule has 0 amide bonds. The van der Waals surface area contributed by atoms with Gasteiger partial charge < -0.3 is 9.47 Å². The molecule has 0 aliphatic heterocycles. The lowest BCUT2D eigenvalue weighted by Gasteiger charge is -2.15. The van der Waals surface area contributed by atoms with Crippen LogP contribution >= 0.6 is 27.5 Å². The third-order valence-electron chi connectivity index (χ3n) is 5.79. The Bertz CT molecular complexity index is 1510. The van der Waals surface area contributed by atoms with Gasteiger partial charge in [0.1, 0.15) is 18.2 Å². The molecule has 0 aliphatic rings. The number of rotatable bonds is 8. The highest BCUT2D eigenvalue weighted by atomic mass is 79.9. The summed E-state index contributed by atoms with van der Waals surface area (Å²) in [5, 5.41) is 5.20. The van der Waals surface area contributed by atoms with Crippen LogP contribution in [0.1, 0.15) is 43.1 Å². The Morgan fingerprint density at radius 2 is 2.00 bits per heavy atom. The van der Waals surface area contributed by atoms with E-state index < -0.39 is 0 Å². The van der Waals surface area contributed by atoms with Crippen LogP contribution in [0, 0.1) is 5.82 Å². The van der Waals surface area contributed by atoms with Crippen LogP contribution in [-0.4, -0.2) is 23.0 Å². The van der Waals surface area contributed by atoms with Crippen molar-refractivity contribution in [2.45, 2.75) is 32.8 Å². The van der Waals surface area contributed by atoms with Crippen LogP contribution in [0.25, 0.3) is 10.9 Å². The van der Waals surface area contributed by atoms with E-state index >= 15 is 0 Å². The first kappa shape index (κ1) is 25.9. The topological polar surface area (TPSA) is 65.7 Å². The van der Waals surface area contributed by atoms with Crippen LogP contribution < -0.4 is 15.0 Å². The average Bonchev–Trinajstić information content (AvgIpc) is 2.87. The SMILES string of the molecule is CC[C@H](C)c1nc2ccc(Br)cc2c(=O)n1N=Cc1cc(Cl)c(OCc2ccccc2F)c(OC)c1. The fourth-order valence-electron chi connectivity index (χ4n) is 3.62. The molecule has 0 spiro atoms. The molecule has 0 saturated carbocycles. The Kier molecular flexibility index (Phi) is 8.06. The van der Waals surface area contributed by atoms with E-state index in [0.717, 1.165) is 10.9 Å². The van der Waals surface area contributed by atoms with Crippen LogP contribution in [0.3, 0.4) is 0 Å². The number of fused-ring (bicyclic) bond motifs is 1. The second kappa shape index (κ2) is 11.2. The Labute approximate surface area is 221 Å². The van der Waals surface area contributed by atoms with Gasteiger partial charge in [-0.05, 0) is 48.4 Å². The van der Waals surface area contributed by atoms with E-state index in [1.165, 1.54) is 24.1 Å². The Morgan fingerprint density at radius 3 is 2.72 bits per heavy atom. The van der Waals surface area contributed by atoms with Gasteiger partial charge in [-0.3, -0.25) is 4.79 Å². The zero-order valence-electron chi connectivity index (χ0n) is 20.0. The summed E-state index contributed by atoms with van der Waals surface area (Å²) in [5.41, 5.74) is 1.34. The molecule has 4 aromatic rings. The van der Waals surface area contributed by atoms with Crippen molar-refractivity contribution in [1.29, 1.82) is 0 Å². The summed E-state index contributed by atoms with van der Waals surface area (Å²) in [6, 6.07) is 15.1. The van der Waals surface area contributed by atoms with Crippen molar-refractivity contribution in [2.24, 2.45) is 5.10 Å². The van der Waals surface area contributed by atoms with Crippen LogP contribution in [0.2, 0.25) is 5.02 Å². The average molecular weight is 573 g/mol. The van der Waals surface area contributed by atoms with Crippen molar-refractivity contribution in [3.05, 3.63) is 97.2 Å². The molecule has 3 aromatic carbocycles.